The Morgan fingerprint density at radius 2 is 1.64 bits per heavy atom. The molecule has 1 atom stereocenters. The van der Waals surface area contributed by atoms with Crippen LogP contribution >= 0.6 is 0 Å². The maximum Gasteiger partial charge on any atom is 0.0499 e. The van der Waals surface area contributed by atoms with E-state index in [2.05, 4.69) is 39.9 Å². The summed E-state index contributed by atoms with van der Waals surface area (Å²) in [5.74, 6) is 0.653. The summed E-state index contributed by atoms with van der Waals surface area (Å²) in [4.78, 5) is 0. The largest absolute Gasteiger partial charge is 0.396 e. The third kappa shape index (κ3) is 3.97. The van der Waals surface area contributed by atoms with Crippen LogP contribution in [0.5, 0.6) is 0 Å². The monoisotopic (exact) mass is 201 g/mol. The first-order chi connectivity index (χ1) is 6.51. The molecule has 0 aliphatic carbocycles. The van der Waals surface area contributed by atoms with Crippen LogP contribution in [0.4, 0.5) is 0 Å². The molecular weight excluding hydrogens is 174 g/mol. The van der Waals surface area contributed by atoms with Crippen molar-refractivity contribution in [1.82, 2.24) is 5.32 Å². The smallest absolute Gasteiger partial charge is 0.0499 e. The quantitative estimate of drug-likeness (QED) is 0.663. The minimum atomic E-state index is 0.0865. The van der Waals surface area contributed by atoms with Gasteiger partial charge in [-0.2, -0.15) is 0 Å². The van der Waals surface area contributed by atoms with Gasteiger partial charge >= 0.3 is 0 Å². The van der Waals surface area contributed by atoms with Crippen molar-refractivity contribution >= 4 is 0 Å². The second kappa shape index (κ2) is 6.41. The summed E-state index contributed by atoms with van der Waals surface area (Å²) in [7, 11) is 0. The number of hydrogen-bond acceptors (Lipinski definition) is 2. The van der Waals surface area contributed by atoms with Crippen molar-refractivity contribution in [2.45, 2.75) is 53.5 Å². The molecule has 0 aromatic rings. The molecule has 2 heteroatoms. The lowest BCUT2D eigenvalue weighted by Crippen LogP contribution is -2.42. The van der Waals surface area contributed by atoms with Crippen LogP contribution in [-0.4, -0.2) is 24.3 Å². The van der Waals surface area contributed by atoms with Crippen LogP contribution in [0.1, 0.15) is 47.5 Å². The van der Waals surface area contributed by atoms with E-state index in [0.717, 1.165) is 19.4 Å². The van der Waals surface area contributed by atoms with E-state index in [0.29, 0.717) is 12.0 Å². The van der Waals surface area contributed by atoms with E-state index in [9.17, 15) is 5.11 Å². The fraction of sp³-hybridized carbons (Fsp3) is 1.00. The van der Waals surface area contributed by atoms with Crippen LogP contribution in [0.15, 0.2) is 0 Å². The Bertz CT molecular complexity index is 133. The molecule has 0 aliphatic rings. The summed E-state index contributed by atoms with van der Waals surface area (Å²) in [6.45, 7) is 12.2. The highest BCUT2D eigenvalue weighted by Crippen LogP contribution is 2.24. The molecule has 0 amide bonds. The molecule has 0 saturated carbocycles. The fourth-order valence-corrected chi connectivity index (χ4v) is 1.39. The van der Waals surface area contributed by atoms with Crippen molar-refractivity contribution in [2.75, 3.05) is 13.2 Å². The van der Waals surface area contributed by atoms with E-state index in [1.165, 1.54) is 0 Å². The molecule has 14 heavy (non-hydrogen) atoms. The molecule has 0 aromatic heterocycles. The molecular formula is C12H27NO. The predicted molar refractivity (Wildman–Crippen MR) is 62.4 cm³/mol. The maximum absolute atomic E-state index is 9.39. The molecule has 0 rings (SSSR count). The lowest BCUT2D eigenvalue weighted by molar-refractivity contribution is 0.108. The molecule has 0 radical (unpaired) electrons. The van der Waals surface area contributed by atoms with E-state index in [1.54, 1.807) is 0 Å². The van der Waals surface area contributed by atoms with Crippen molar-refractivity contribution in [2.24, 2.45) is 11.3 Å². The first kappa shape index (κ1) is 13.9. The van der Waals surface area contributed by atoms with Crippen LogP contribution in [0.3, 0.4) is 0 Å². The number of hydrogen-bond donors (Lipinski definition) is 2. The van der Waals surface area contributed by atoms with Gasteiger partial charge in [-0.1, -0.05) is 27.7 Å². The lowest BCUT2D eigenvalue weighted by Gasteiger charge is -2.32. The SMILES string of the molecule is CCC(CC)(CO)CNC(C)C(C)C. The summed E-state index contributed by atoms with van der Waals surface area (Å²) < 4.78 is 0. The normalized spacial score (nSPS) is 14.8. The molecule has 0 bridgehead atoms. The molecule has 0 aromatic carbocycles. The highest BCUT2D eigenvalue weighted by molar-refractivity contribution is 4.80. The predicted octanol–water partition coefficient (Wildman–Crippen LogP) is 2.42. The van der Waals surface area contributed by atoms with E-state index < -0.39 is 0 Å². The van der Waals surface area contributed by atoms with Gasteiger partial charge in [0.2, 0.25) is 0 Å². The van der Waals surface area contributed by atoms with E-state index in [4.69, 9.17) is 0 Å². The standard InChI is InChI=1S/C12H27NO/c1-6-12(7-2,9-14)8-13-11(5)10(3)4/h10-11,13-14H,6-9H2,1-5H3. The third-order valence-electron chi connectivity index (χ3n) is 3.63. The summed E-state index contributed by atoms with van der Waals surface area (Å²) in [5, 5.41) is 12.9. The summed E-state index contributed by atoms with van der Waals surface area (Å²) in [6, 6.07) is 0.527. The van der Waals surface area contributed by atoms with Gasteiger partial charge in [0.25, 0.3) is 0 Å². The molecule has 0 aliphatic heterocycles. The molecule has 2 N–H and O–H groups in total. The molecule has 0 saturated heterocycles. The second-order valence-corrected chi connectivity index (χ2v) is 4.78. The van der Waals surface area contributed by atoms with E-state index in [-0.39, 0.29) is 12.0 Å². The van der Waals surface area contributed by atoms with Crippen molar-refractivity contribution in [3.63, 3.8) is 0 Å². The Balaban J connectivity index is 4.05. The lowest BCUT2D eigenvalue weighted by atomic mass is 9.83. The van der Waals surface area contributed by atoms with Gasteiger partial charge in [0.1, 0.15) is 0 Å². The first-order valence-corrected chi connectivity index (χ1v) is 5.85. The van der Waals surface area contributed by atoms with Crippen molar-refractivity contribution < 1.29 is 5.11 Å². The topological polar surface area (TPSA) is 32.3 Å². The van der Waals surface area contributed by atoms with Gasteiger partial charge in [-0.3, -0.25) is 0 Å². The number of rotatable bonds is 7. The van der Waals surface area contributed by atoms with Crippen LogP contribution in [0.25, 0.3) is 0 Å². The number of aliphatic hydroxyl groups is 1. The molecule has 86 valence electrons. The molecule has 0 spiro atoms. The van der Waals surface area contributed by atoms with Crippen LogP contribution in [0.2, 0.25) is 0 Å². The zero-order chi connectivity index (χ0) is 11.2. The minimum Gasteiger partial charge on any atom is -0.396 e. The minimum absolute atomic E-state index is 0.0865. The van der Waals surface area contributed by atoms with Crippen LogP contribution < -0.4 is 5.32 Å². The molecule has 0 heterocycles. The Labute approximate surface area is 89.1 Å². The highest BCUT2D eigenvalue weighted by Gasteiger charge is 2.25. The van der Waals surface area contributed by atoms with E-state index in [1.807, 2.05) is 0 Å². The molecule has 1 unspecified atom stereocenters. The first-order valence-electron chi connectivity index (χ1n) is 5.85. The Kier molecular flexibility index (Phi) is 6.38. The van der Waals surface area contributed by atoms with Crippen LogP contribution in [-0.2, 0) is 0 Å². The van der Waals surface area contributed by atoms with E-state index >= 15 is 0 Å². The van der Waals surface area contributed by atoms with Gasteiger partial charge in [0, 0.05) is 24.6 Å². The summed E-state index contributed by atoms with van der Waals surface area (Å²) >= 11 is 0. The van der Waals surface area contributed by atoms with Crippen molar-refractivity contribution in [3.8, 4) is 0 Å². The Morgan fingerprint density at radius 1 is 1.14 bits per heavy atom. The summed E-state index contributed by atoms with van der Waals surface area (Å²) in [5.41, 5.74) is 0.0865. The Hall–Kier alpha value is -0.0800. The number of aliphatic hydroxyl groups excluding tert-OH is 1. The van der Waals surface area contributed by atoms with Gasteiger partial charge in [-0.25, -0.2) is 0 Å². The molecule has 0 fully saturated rings. The second-order valence-electron chi connectivity index (χ2n) is 4.78. The zero-order valence-corrected chi connectivity index (χ0v) is 10.4. The van der Waals surface area contributed by atoms with Crippen molar-refractivity contribution in [3.05, 3.63) is 0 Å². The highest BCUT2D eigenvalue weighted by atomic mass is 16.3. The van der Waals surface area contributed by atoms with Gasteiger partial charge in [-0.05, 0) is 25.7 Å². The van der Waals surface area contributed by atoms with Gasteiger partial charge < -0.3 is 10.4 Å². The molecule has 2 nitrogen and oxygen atoms in total. The van der Waals surface area contributed by atoms with Gasteiger partial charge in [0.15, 0.2) is 0 Å². The third-order valence-corrected chi connectivity index (χ3v) is 3.63. The fourth-order valence-electron chi connectivity index (χ4n) is 1.39. The maximum atomic E-state index is 9.39. The average Bonchev–Trinajstić information content (AvgIpc) is 2.20. The Morgan fingerprint density at radius 3 is 1.93 bits per heavy atom. The summed E-state index contributed by atoms with van der Waals surface area (Å²) in [6.07, 6.45) is 2.08. The van der Waals surface area contributed by atoms with Crippen molar-refractivity contribution in [1.29, 1.82) is 0 Å². The van der Waals surface area contributed by atoms with Gasteiger partial charge in [0.05, 0.1) is 0 Å². The zero-order valence-electron chi connectivity index (χ0n) is 10.4. The van der Waals surface area contributed by atoms with Crippen LogP contribution in [0, 0.1) is 11.3 Å². The number of nitrogens with one attached hydrogen (secondary N) is 1. The average molecular weight is 201 g/mol. The van der Waals surface area contributed by atoms with Gasteiger partial charge in [-0.15, -0.1) is 0 Å².